The van der Waals surface area contributed by atoms with E-state index in [0.717, 1.165) is 38.0 Å². The first-order chi connectivity index (χ1) is 13.6. The molecule has 2 aromatic carbocycles. The number of amides is 1. The Morgan fingerprint density at radius 3 is 2.43 bits per heavy atom. The zero-order valence-corrected chi connectivity index (χ0v) is 16.2. The molecule has 2 aromatic rings. The molecule has 1 N–H and O–H groups in total. The molecule has 5 heteroatoms. The highest BCUT2D eigenvalue weighted by atomic mass is 19.1. The molecule has 148 valence electrons. The van der Waals surface area contributed by atoms with Crippen molar-refractivity contribution in [2.45, 2.75) is 56.8 Å². The van der Waals surface area contributed by atoms with Crippen molar-refractivity contribution in [3.05, 3.63) is 65.5 Å². The van der Waals surface area contributed by atoms with Crippen LogP contribution in [-0.4, -0.2) is 36.0 Å². The number of methoxy groups -OCH3 is 1. The fourth-order valence-corrected chi connectivity index (χ4v) is 4.70. The average molecular weight is 382 g/mol. The molecule has 2 saturated heterocycles. The van der Waals surface area contributed by atoms with Gasteiger partial charge < -0.3 is 10.1 Å². The Balaban J connectivity index is 1.41. The minimum Gasteiger partial charge on any atom is -0.497 e. The van der Waals surface area contributed by atoms with E-state index in [-0.39, 0.29) is 17.5 Å². The highest BCUT2D eigenvalue weighted by molar-refractivity contribution is 5.94. The number of rotatable bonds is 5. The summed E-state index contributed by atoms with van der Waals surface area (Å²) in [4.78, 5) is 15.1. The Morgan fingerprint density at radius 2 is 1.79 bits per heavy atom. The van der Waals surface area contributed by atoms with Crippen LogP contribution < -0.4 is 10.1 Å². The van der Waals surface area contributed by atoms with Crippen molar-refractivity contribution in [3.8, 4) is 5.75 Å². The Labute approximate surface area is 165 Å². The largest absolute Gasteiger partial charge is 0.497 e. The van der Waals surface area contributed by atoms with Crippen molar-refractivity contribution in [2.75, 3.05) is 7.11 Å². The number of hydrogen-bond donors (Lipinski definition) is 1. The van der Waals surface area contributed by atoms with Crippen molar-refractivity contribution in [1.82, 2.24) is 10.2 Å². The predicted octanol–water partition coefficient (Wildman–Crippen LogP) is 4.15. The van der Waals surface area contributed by atoms with Crippen LogP contribution >= 0.6 is 0 Å². The fraction of sp³-hybridized carbons (Fsp3) is 0.435. The molecule has 0 saturated carbocycles. The van der Waals surface area contributed by atoms with Gasteiger partial charge in [-0.1, -0.05) is 30.7 Å². The molecule has 4 rings (SSSR count). The van der Waals surface area contributed by atoms with Crippen LogP contribution in [-0.2, 0) is 6.54 Å². The molecule has 2 aliphatic heterocycles. The van der Waals surface area contributed by atoms with E-state index in [0.29, 0.717) is 12.1 Å². The lowest BCUT2D eigenvalue weighted by Gasteiger charge is -2.49. The maximum Gasteiger partial charge on any atom is 0.254 e. The van der Waals surface area contributed by atoms with Gasteiger partial charge in [0.2, 0.25) is 0 Å². The number of nitrogens with one attached hydrogen (secondary N) is 1. The van der Waals surface area contributed by atoms with Gasteiger partial charge in [-0.3, -0.25) is 9.69 Å². The van der Waals surface area contributed by atoms with E-state index in [1.807, 2.05) is 12.1 Å². The van der Waals surface area contributed by atoms with Crippen LogP contribution in [0.3, 0.4) is 0 Å². The van der Waals surface area contributed by atoms with Gasteiger partial charge >= 0.3 is 0 Å². The lowest BCUT2D eigenvalue weighted by molar-refractivity contribution is 0.0176. The summed E-state index contributed by atoms with van der Waals surface area (Å²) in [6.07, 6.45) is 5.39. The third-order valence-corrected chi connectivity index (χ3v) is 6.10. The summed E-state index contributed by atoms with van der Waals surface area (Å²) < 4.78 is 19.2. The minimum atomic E-state index is -0.461. The van der Waals surface area contributed by atoms with Crippen LogP contribution in [0.15, 0.2) is 48.5 Å². The Kier molecular flexibility index (Phi) is 5.62. The molecule has 0 aromatic heterocycles. The van der Waals surface area contributed by atoms with Crippen molar-refractivity contribution in [3.63, 3.8) is 0 Å². The number of nitrogens with zero attached hydrogens (tertiary/aromatic N) is 1. The molecule has 1 amide bonds. The summed E-state index contributed by atoms with van der Waals surface area (Å²) >= 11 is 0. The van der Waals surface area contributed by atoms with Gasteiger partial charge in [0.25, 0.3) is 5.91 Å². The van der Waals surface area contributed by atoms with Gasteiger partial charge in [0, 0.05) is 24.7 Å². The van der Waals surface area contributed by atoms with Crippen LogP contribution in [0, 0.1) is 5.82 Å². The van der Waals surface area contributed by atoms with Gasteiger partial charge in [-0.2, -0.15) is 0 Å². The highest BCUT2D eigenvalue weighted by Crippen LogP contribution is 2.35. The monoisotopic (exact) mass is 382 g/mol. The summed E-state index contributed by atoms with van der Waals surface area (Å²) in [5, 5.41) is 3.08. The number of piperidine rings is 2. The Morgan fingerprint density at radius 1 is 1.11 bits per heavy atom. The summed E-state index contributed by atoms with van der Waals surface area (Å²) in [5.74, 6) is 0.112. The molecule has 0 radical (unpaired) electrons. The van der Waals surface area contributed by atoms with Crippen LogP contribution in [0.25, 0.3) is 0 Å². The smallest absolute Gasteiger partial charge is 0.254 e. The highest BCUT2D eigenvalue weighted by Gasteiger charge is 2.38. The topological polar surface area (TPSA) is 41.6 Å². The van der Waals surface area contributed by atoms with Crippen molar-refractivity contribution in [2.24, 2.45) is 0 Å². The third-order valence-electron chi connectivity index (χ3n) is 6.10. The summed E-state index contributed by atoms with van der Waals surface area (Å²) in [6.45, 7) is 0.924. The van der Waals surface area contributed by atoms with E-state index in [9.17, 15) is 9.18 Å². The second kappa shape index (κ2) is 8.31. The summed E-state index contributed by atoms with van der Waals surface area (Å²) in [7, 11) is 1.68. The first-order valence-electron chi connectivity index (χ1n) is 10.1. The molecule has 28 heavy (non-hydrogen) atoms. The number of carbonyl (C=O) groups is 1. The molecule has 0 spiro atoms. The second-order valence-electron chi connectivity index (χ2n) is 7.88. The second-order valence-corrected chi connectivity index (χ2v) is 7.88. The lowest BCUT2D eigenvalue weighted by Crippen LogP contribution is -2.56. The maximum atomic E-state index is 13.9. The molecule has 0 unspecified atom stereocenters. The first kappa shape index (κ1) is 18.9. The fourth-order valence-electron chi connectivity index (χ4n) is 4.70. The van der Waals surface area contributed by atoms with E-state index in [1.54, 1.807) is 25.3 Å². The first-order valence-corrected chi connectivity index (χ1v) is 10.1. The normalized spacial score (nSPS) is 24.6. The molecule has 2 bridgehead atoms. The zero-order chi connectivity index (χ0) is 19.5. The molecule has 2 atom stereocenters. The maximum absolute atomic E-state index is 13.9. The van der Waals surface area contributed by atoms with E-state index >= 15 is 0 Å². The Hall–Kier alpha value is -2.40. The van der Waals surface area contributed by atoms with Crippen LogP contribution in [0.2, 0.25) is 0 Å². The van der Waals surface area contributed by atoms with E-state index in [4.69, 9.17) is 4.74 Å². The summed E-state index contributed by atoms with van der Waals surface area (Å²) in [5.41, 5.74) is 1.42. The van der Waals surface area contributed by atoms with E-state index < -0.39 is 5.82 Å². The van der Waals surface area contributed by atoms with Gasteiger partial charge in [-0.25, -0.2) is 4.39 Å². The van der Waals surface area contributed by atoms with Crippen molar-refractivity contribution >= 4 is 5.91 Å². The molecule has 4 nitrogen and oxygen atoms in total. The molecule has 0 aliphatic carbocycles. The summed E-state index contributed by atoms with van der Waals surface area (Å²) in [6, 6.07) is 15.5. The number of carbonyl (C=O) groups excluding carboxylic acids is 1. The van der Waals surface area contributed by atoms with Gasteiger partial charge in [0.1, 0.15) is 11.6 Å². The molecule has 2 aliphatic rings. The number of hydrogen-bond acceptors (Lipinski definition) is 3. The molecular weight excluding hydrogens is 355 g/mol. The van der Waals surface area contributed by atoms with E-state index in [1.165, 1.54) is 18.1 Å². The van der Waals surface area contributed by atoms with Crippen molar-refractivity contribution in [1.29, 1.82) is 0 Å². The quantitative estimate of drug-likeness (QED) is 0.845. The Bertz CT molecular complexity index is 810. The van der Waals surface area contributed by atoms with Gasteiger partial charge in [-0.15, -0.1) is 0 Å². The van der Waals surface area contributed by atoms with Crippen LogP contribution in [0.4, 0.5) is 4.39 Å². The van der Waals surface area contributed by atoms with Crippen LogP contribution in [0.5, 0.6) is 5.75 Å². The lowest BCUT2D eigenvalue weighted by atomic mass is 9.81. The predicted molar refractivity (Wildman–Crippen MR) is 107 cm³/mol. The molecular formula is C23H27FN2O2. The van der Waals surface area contributed by atoms with Gasteiger partial charge in [0.15, 0.2) is 0 Å². The number of ether oxygens (including phenoxy) is 1. The molecule has 2 fully saturated rings. The minimum absolute atomic E-state index is 0.106. The van der Waals surface area contributed by atoms with Gasteiger partial charge in [-0.05, 0) is 55.5 Å². The average Bonchev–Trinajstić information content (AvgIpc) is 2.69. The molecule has 2 heterocycles. The number of halogens is 1. The zero-order valence-electron chi connectivity index (χ0n) is 16.2. The van der Waals surface area contributed by atoms with Crippen molar-refractivity contribution < 1.29 is 13.9 Å². The van der Waals surface area contributed by atoms with Gasteiger partial charge in [0.05, 0.1) is 12.7 Å². The number of benzene rings is 2. The third kappa shape index (κ3) is 4.04. The van der Waals surface area contributed by atoms with E-state index in [2.05, 4.69) is 22.3 Å². The number of fused-ring (bicyclic) bond motifs is 2. The standard InChI is InChI=1S/C23H27FN2O2/c1-28-20-11-9-16(10-12-20)15-26-18-5-4-6-19(26)14-17(13-18)25-23(27)21-7-2-3-8-22(21)24/h2-3,7-12,17-19H,4-6,13-15H2,1H3,(H,25,27)/t18-,19-/m0/s1. The SMILES string of the molecule is COc1ccc(CN2[C@H]3CCC[C@H]2CC(NC(=O)c2ccccc2F)C3)cc1. The van der Waals surface area contributed by atoms with Crippen LogP contribution in [0.1, 0.15) is 48.0 Å².